The molecule has 1 atom stereocenters. The van der Waals surface area contributed by atoms with E-state index in [2.05, 4.69) is 10.6 Å². The van der Waals surface area contributed by atoms with E-state index in [4.69, 9.17) is 10.00 Å². The number of hydrogen-bond donors (Lipinski definition) is 2. The Balaban J connectivity index is 1.86. The maximum Gasteiger partial charge on any atom is 0.408 e. The first-order chi connectivity index (χ1) is 12.7. The molecule has 1 aromatic carbocycles. The van der Waals surface area contributed by atoms with Crippen molar-refractivity contribution in [2.75, 3.05) is 24.5 Å². The highest BCUT2D eigenvalue weighted by Crippen LogP contribution is 2.24. The molecular weight excluding hydrogens is 351 g/mol. The zero-order chi connectivity index (χ0) is 20.0. The molecular formula is C19H25FN4O3. The quantitative estimate of drug-likeness (QED) is 0.841. The smallest absolute Gasteiger partial charge is 0.408 e. The molecule has 1 heterocycles. The summed E-state index contributed by atoms with van der Waals surface area (Å²) in [5.74, 6) is -0.777. The third-order valence-corrected chi connectivity index (χ3v) is 4.00. The van der Waals surface area contributed by atoms with Gasteiger partial charge < -0.3 is 20.3 Å². The van der Waals surface area contributed by atoms with Crippen molar-refractivity contribution in [1.82, 2.24) is 10.6 Å². The average Bonchev–Trinajstić information content (AvgIpc) is 2.58. The van der Waals surface area contributed by atoms with Crippen LogP contribution in [0.2, 0.25) is 0 Å². The van der Waals surface area contributed by atoms with Crippen molar-refractivity contribution in [2.45, 2.75) is 45.3 Å². The fourth-order valence-corrected chi connectivity index (χ4v) is 2.89. The summed E-state index contributed by atoms with van der Waals surface area (Å²) in [6.45, 7) is 6.17. The van der Waals surface area contributed by atoms with Crippen LogP contribution in [0.15, 0.2) is 18.2 Å². The highest BCUT2D eigenvalue weighted by atomic mass is 19.1. The van der Waals surface area contributed by atoms with Gasteiger partial charge in [-0.1, -0.05) is 0 Å². The van der Waals surface area contributed by atoms with Gasteiger partial charge in [-0.15, -0.1) is 0 Å². The molecule has 1 aliphatic heterocycles. The fraction of sp³-hybridized carbons (Fsp3) is 0.526. The lowest BCUT2D eigenvalue weighted by molar-refractivity contribution is -0.121. The maximum absolute atomic E-state index is 14.2. The summed E-state index contributed by atoms with van der Waals surface area (Å²) in [6, 6.07) is 6.13. The minimum absolute atomic E-state index is 0.151. The topological polar surface area (TPSA) is 94.5 Å². The molecule has 7 nitrogen and oxygen atoms in total. The molecule has 1 fully saturated rings. The summed E-state index contributed by atoms with van der Waals surface area (Å²) in [5.41, 5.74) is 0.0569. The first-order valence-electron chi connectivity index (χ1n) is 8.89. The molecule has 0 aliphatic carbocycles. The van der Waals surface area contributed by atoms with Crippen LogP contribution in [-0.2, 0) is 9.53 Å². The summed E-state index contributed by atoms with van der Waals surface area (Å²) in [7, 11) is 0. The lowest BCUT2D eigenvalue weighted by Gasteiger charge is -2.35. The van der Waals surface area contributed by atoms with E-state index in [0.717, 1.165) is 12.8 Å². The first-order valence-corrected chi connectivity index (χ1v) is 8.89. The molecule has 146 valence electrons. The Hall–Kier alpha value is -2.82. The van der Waals surface area contributed by atoms with Gasteiger partial charge in [-0.3, -0.25) is 4.79 Å². The summed E-state index contributed by atoms with van der Waals surface area (Å²) in [6.07, 6.45) is 0.916. The Morgan fingerprint density at radius 2 is 2.15 bits per heavy atom. The number of nitrogens with zero attached hydrogens (tertiary/aromatic N) is 2. The number of alkyl carbamates (subject to hydrolysis) is 1. The Labute approximate surface area is 158 Å². The molecule has 1 aliphatic rings. The van der Waals surface area contributed by atoms with Crippen molar-refractivity contribution in [3.8, 4) is 6.07 Å². The predicted octanol–water partition coefficient (Wildman–Crippen LogP) is 2.31. The molecule has 8 heteroatoms. The number of halogens is 1. The van der Waals surface area contributed by atoms with Crippen molar-refractivity contribution >= 4 is 17.7 Å². The van der Waals surface area contributed by atoms with Gasteiger partial charge in [0.25, 0.3) is 0 Å². The van der Waals surface area contributed by atoms with E-state index in [1.165, 1.54) is 6.07 Å². The van der Waals surface area contributed by atoms with Crippen molar-refractivity contribution in [3.05, 3.63) is 29.6 Å². The van der Waals surface area contributed by atoms with Gasteiger partial charge in [-0.2, -0.15) is 5.26 Å². The molecule has 1 saturated heterocycles. The van der Waals surface area contributed by atoms with Gasteiger partial charge >= 0.3 is 6.09 Å². The van der Waals surface area contributed by atoms with E-state index in [-0.39, 0.29) is 24.1 Å². The number of nitriles is 1. The molecule has 2 rings (SSSR count). The Kier molecular flexibility index (Phi) is 6.61. The zero-order valence-electron chi connectivity index (χ0n) is 15.8. The van der Waals surface area contributed by atoms with E-state index in [1.54, 1.807) is 32.9 Å². The van der Waals surface area contributed by atoms with Crippen LogP contribution in [0.1, 0.15) is 39.2 Å². The molecule has 1 aromatic rings. The van der Waals surface area contributed by atoms with Crippen LogP contribution in [-0.4, -0.2) is 43.3 Å². The van der Waals surface area contributed by atoms with Crippen molar-refractivity contribution in [2.24, 2.45) is 0 Å². The third kappa shape index (κ3) is 6.44. The largest absolute Gasteiger partial charge is 0.444 e. The minimum Gasteiger partial charge on any atom is -0.444 e. The van der Waals surface area contributed by atoms with Gasteiger partial charge in [0.05, 0.1) is 17.3 Å². The lowest BCUT2D eigenvalue weighted by atomic mass is 10.0. The number of benzene rings is 1. The number of hydrogen-bond acceptors (Lipinski definition) is 5. The number of anilines is 1. The van der Waals surface area contributed by atoms with Gasteiger partial charge in [-0.05, 0) is 51.8 Å². The van der Waals surface area contributed by atoms with Gasteiger partial charge in [-0.25, -0.2) is 9.18 Å². The van der Waals surface area contributed by atoms with E-state index in [1.807, 2.05) is 11.0 Å². The number of rotatable bonds is 4. The second-order valence-electron chi connectivity index (χ2n) is 7.49. The van der Waals surface area contributed by atoms with E-state index < -0.39 is 17.5 Å². The molecule has 0 spiro atoms. The normalized spacial score (nSPS) is 17.0. The highest BCUT2D eigenvalue weighted by molar-refractivity contribution is 5.82. The number of carbonyl (C=O) groups is 2. The SMILES string of the molecule is CC(C)(C)OC(=O)NCC(=O)NC1CCCN(c2ccc(C#N)cc2F)C1. The fourth-order valence-electron chi connectivity index (χ4n) is 2.89. The van der Waals surface area contributed by atoms with Crippen molar-refractivity contribution < 1.29 is 18.7 Å². The molecule has 1 unspecified atom stereocenters. The standard InChI is InChI=1S/C19H25FN4O3/c1-19(2,3)27-18(26)22-11-17(25)23-14-5-4-8-24(12-14)16-7-6-13(10-21)9-15(16)20/h6-7,9,14H,4-5,8,11-12H2,1-3H3,(H,22,26)(H,23,25). The van der Waals surface area contributed by atoms with Crippen molar-refractivity contribution in [1.29, 1.82) is 5.26 Å². The predicted molar refractivity (Wildman–Crippen MR) is 98.7 cm³/mol. The van der Waals surface area contributed by atoms with Crippen molar-refractivity contribution in [3.63, 3.8) is 0 Å². The van der Waals surface area contributed by atoms with Gasteiger partial charge in [0, 0.05) is 19.1 Å². The number of ether oxygens (including phenoxy) is 1. The van der Waals surface area contributed by atoms with Gasteiger partial charge in [0.1, 0.15) is 18.0 Å². The minimum atomic E-state index is -0.650. The molecule has 2 N–H and O–H groups in total. The van der Waals surface area contributed by atoms with Gasteiger partial charge in [0.15, 0.2) is 0 Å². The maximum atomic E-state index is 14.2. The summed E-state index contributed by atoms with van der Waals surface area (Å²) in [4.78, 5) is 25.5. The lowest BCUT2D eigenvalue weighted by Crippen LogP contribution is -2.50. The van der Waals surface area contributed by atoms with Crippen LogP contribution in [0.5, 0.6) is 0 Å². The average molecular weight is 376 g/mol. The Morgan fingerprint density at radius 1 is 1.41 bits per heavy atom. The molecule has 0 saturated carbocycles. The van der Waals surface area contributed by atoms with Crippen LogP contribution < -0.4 is 15.5 Å². The van der Waals surface area contributed by atoms with Crippen LogP contribution in [0.3, 0.4) is 0 Å². The monoisotopic (exact) mass is 376 g/mol. The van der Waals surface area contributed by atoms with E-state index in [0.29, 0.717) is 18.8 Å². The summed E-state index contributed by atoms with van der Waals surface area (Å²) in [5, 5.41) is 14.1. The number of carbonyl (C=O) groups excluding carboxylic acids is 2. The second kappa shape index (κ2) is 8.71. The van der Waals surface area contributed by atoms with Gasteiger partial charge in [0.2, 0.25) is 5.91 Å². The molecule has 0 aromatic heterocycles. The molecule has 0 radical (unpaired) electrons. The molecule has 2 amide bonds. The Morgan fingerprint density at radius 3 is 2.78 bits per heavy atom. The first kappa shape index (κ1) is 20.5. The molecule has 27 heavy (non-hydrogen) atoms. The summed E-state index contributed by atoms with van der Waals surface area (Å²) >= 11 is 0. The highest BCUT2D eigenvalue weighted by Gasteiger charge is 2.24. The second-order valence-corrected chi connectivity index (χ2v) is 7.49. The zero-order valence-corrected chi connectivity index (χ0v) is 15.8. The number of nitrogens with one attached hydrogen (secondary N) is 2. The van der Waals surface area contributed by atoms with Crippen LogP contribution in [0.4, 0.5) is 14.9 Å². The Bertz CT molecular complexity index is 739. The van der Waals surface area contributed by atoms with E-state index in [9.17, 15) is 14.0 Å². The van der Waals surface area contributed by atoms with Crippen LogP contribution in [0, 0.1) is 17.1 Å². The van der Waals surface area contributed by atoms with E-state index >= 15 is 0 Å². The molecule has 0 bridgehead atoms. The van der Waals surface area contributed by atoms with Crippen LogP contribution in [0.25, 0.3) is 0 Å². The summed E-state index contributed by atoms with van der Waals surface area (Å²) < 4.78 is 19.3. The number of amides is 2. The third-order valence-electron chi connectivity index (χ3n) is 4.00. The number of piperidine rings is 1. The van der Waals surface area contributed by atoms with Crippen LogP contribution >= 0.6 is 0 Å².